The van der Waals surface area contributed by atoms with E-state index >= 15 is 0 Å². The molecule has 1 fully saturated rings. The molecular weight excluding hydrogens is 236 g/mol. The second-order valence-electron chi connectivity index (χ2n) is 4.94. The third-order valence-electron chi connectivity index (χ3n) is 3.70. The molecule has 0 aromatic heterocycles. The van der Waals surface area contributed by atoms with Crippen LogP contribution >= 0.6 is 0 Å². The van der Waals surface area contributed by atoms with Crippen LogP contribution in [0.1, 0.15) is 12.0 Å². The van der Waals surface area contributed by atoms with Crippen molar-refractivity contribution in [2.75, 3.05) is 0 Å². The Bertz CT molecular complexity index is 506. The van der Waals surface area contributed by atoms with Crippen molar-refractivity contribution in [3.63, 3.8) is 0 Å². The van der Waals surface area contributed by atoms with Crippen LogP contribution in [0.25, 0.3) is 0 Å². The number of hydrogen-bond acceptors (Lipinski definition) is 1. The average Bonchev–Trinajstić information content (AvgIpc) is 2.37. The summed E-state index contributed by atoms with van der Waals surface area (Å²) in [5.41, 5.74) is 1.24. The highest BCUT2D eigenvalue weighted by Gasteiger charge is 2.24. The summed E-state index contributed by atoms with van der Waals surface area (Å²) in [5, 5.41) is 1.53. The molecule has 1 aliphatic heterocycles. The van der Waals surface area contributed by atoms with Crippen LogP contribution in [-0.4, -0.2) is 8.80 Å². The third kappa shape index (κ3) is 2.49. The number of para-hydroxylation sites is 1. The van der Waals surface area contributed by atoms with Gasteiger partial charge in [-0.3, -0.25) is 0 Å². The van der Waals surface area contributed by atoms with Crippen molar-refractivity contribution in [2.45, 2.75) is 25.1 Å². The molecule has 3 rings (SSSR count). The number of hydrogen-bond donors (Lipinski definition) is 0. The SMILES string of the molecule is c1ccc(COc2ccccc2[SiH]2CCC2)cc1. The predicted octanol–water partition coefficient (Wildman–Crippen LogP) is 3.10. The molecule has 0 aliphatic carbocycles. The van der Waals surface area contributed by atoms with Crippen LogP contribution in [0.5, 0.6) is 5.75 Å². The average molecular weight is 254 g/mol. The highest BCUT2D eigenvalue weighted by atomic mass is 28.3. The Balaban J connectivity index is 1.72. The van der Waals surface area contributed by atoms with Crippen molar-refractivity contribution in [3.05, 3.63) is 60.2 Å². The molecular formula is C16H18OSi. The Morgan fingerprint density at radius 2 is 1.61 bits per heavy atom. The Labute approximate surface area is 110 Å². The van der Waals surface area contributed by atoms with Crippen molar-refractivity contribution >= 4 is 14.0 Å². The second-order valence-corrected chi connectivity index (χ2v) is 8.11. The zero-order valence-corrected chi connectivity index (χ0v) is 11.7. The van der Waals surface area contributed by atoms with Gasteiger partial charge in [-0.15, -0.1) is 0 Å². The van der Waals surface area contributed by atoms with Crippen LogP contribution in [0.3, 0.4) is 0 Å². The summed E-state index contributed by atoms with van der Waals surface area (Å²) in [4.78, 5) is 0. The van der Waals surface area contributed by atoms with Crippen LogP contribution in [0.15, 0.2) is 54.6 Å². The normalized spacial score (nSPS) is 15.1. The maximum atomic E-state index is 6.01. The van der Waals surface area contributed by atoms with E-state index in [2.05, 4.69) is 48.5 Å². The zero-order chi connectivity index (χ0) is 12.2. The van der Waals surface area contributed by atoms with Gasteiger partial charge in [-0.25, -0.2) is 0 Å². The molecule has 92 valence electrons. The van der Waals surface area contributed by atoms with Gasteiger partial charge >= 0.3 is 0 Å². The maximum absolute atomic E-state index is 6.01. The predicted molar refractivity (Wildman–Crippen MR) is 78.2 cm³/mol. The van der Waals surface area contributed by atoms with E-state index in [4.69, 9.17) is 4.74 Å². The lowest BCUT2D eigenvalue weighted by Crippen LogP contribution is -2.36. The van der Waals surface area contributed by atoms with Gasteiger partial charge in [0.05, 0.1) is 8.80 Å². The molecule has 0 bridgehead atoms. The molecule has 1 heterocycles. The minimum Gasteiger partial charge on any atom is -0.489 e. The second kappa shape index (κ2) is 5.40. The van der Waals surface area contributed by atoms with Crippen molar-refractivity contribution < 1.29 is 4.74 Å². The molecule has 2 heteroatoms. The van der Waals surface area contributed by atoms with Crippen LogP contribution in [0.4, 0.5) is 0 Å². The van der Waals surface area contributed by atoms with Gasteiger partial charge in [-0.1, -0.05) is 67.0 Å². The molecule has 0 saturated carbocycles. The smallest absolute Gasteiger partial charge is 0.118 e. The third-order valence-corrected chi connectivity index (χ3v) is 7.27. The fourth-order valence-electron chi connectivity index (χ4n) is 2.40. The summed E-state index contributed by atoms with van der Waals surface area (Å²) >= 11 is 0. The highest BCUT2D eigenvalue weighted by molar-refractivity contribution is 6.76. The summed E-state index contributed by atoms with van der Waals surface area (Å²) in [5.74, 6) is 1.12. The van der Waals surface area contributed by atoms with Gasteiger partial charge < -0.3 is 4.74 Å². The lowest BCUT2D eigenvalue weighted by molar-refractivity contribution is 0.308. The monoisotopic (exact) mass is 254 g/mol. The van der Waals surface area contributed by atoms with E-state index in [0.29, 0.717) is 6.61 Å². The van der Waals surface area contributed by atoms with Gasteiger partial charge in [-0.05, 0) is 16.8 Å². The lowest BCUT2D eigenvalue weighted by Gasteiger charge is -2.26. The summed E-state index contributed by atoms with van der Waals surface area (Å²) in [7, 11) is -0.649. The molecule has 1 aliphatic rings. The van der Waals surface area contributed by atoms with Gasteiger partial charge in [0.2, 0.25) is 0 Å². The molecule has 0 unspecified atom stereocenters. The van der Waals surface area contributed by atoms with E-state index in [1.807, 2.05) is 6.07 Å². The molecule has 18 heavy (non-hydrogen) atoms. The summed E-state index contributed by atoms with van der Waals surface area (Å²) < 4.78 is 6.01. The fourth-order valence-corrected chi connectivity index (χ4v) is 4.81. The molecule has 0 amide bonds. The van der Waals surface area contributed by atoms with E-state index in [9.17, 15) is 0 Å². The molecule has 0 N–H and O–H groups in total. The van der Waals surface area contributed by atoms with Crippen LogP contribution in [-0.2, 0) is 6.61 Å². The number of benzene rings is 2. The Kier molecular flexibility index (Phi) is 3.46. The molecule has 1 nitrogen and oxygen atoms in total. The van der Waals surface area contributed by atoms with Crippen molar-refractivity contribution in [1.82, 2.24) is 0 Å². The largest absolute Gasteiger partial charge is 0.489 e. The van der Waals surface area contributed by atoms with Crippen LogP contribution in [0, 0.1) is 0 Å². The lowest BCUT2D eigenvalue weighted by atomic mass is 10.2. The standard InChI is InChI=1S/C16H18OSi/c1-2-7-14(8-3-1)13-17-15-9-4-5-10-16(15)18-11-6-12-18/h1-5,7-10,18H,6,11-13H2. The molecule has 2 aromatic carbocycles. The van der Waals surface area contributed by atoms with E-state index in [0.717, 1.165) is 5.75 Å². The molecule has 0 spiro atoms. The van der Waals surface area contributed by atoms with Gasteiger partial charge in [0.1, 0.15) is 12.4 Å². The molecule has 0 atom stereocenters. The molecule has 1 saturated heterocycles. The van der Waals surface area contributed by atoms with Gasteiger partial charge in [0.15, 0.2) is 0 Å². The van der Waals surface area contributed by atoms with E-state index in [-0.39, 0.29) is 0 Å². The van der Waals surface area contributed by atoms with Crippen molar-refractivity contribution in [3.8, 4) is 5.75 Å². The highest BCUT2D eigenvalue weighted by Crippen LogP contribution is 2.23. The van der Waals surface area contributed by atoms with Crippen molar-refractivity contribution in [2.24, 2.45) is 0 Å². The fraction of sp³-hybridized carbons (Fsp3) is 0.250. The number of rotatable bonds is 4. The van der Waals surface area contributed by atoms with Crippen LogP contribution in [0.2, 0.25) is 12.1 Å². The molecule has 2 aromatic rings. The van der Waals surface area contributed by atoms with E-state index in [1.54, 1.807) is 0 Å². The van der Waals surface area contributed by atoms with Crippen LogP contribution < -0.4 is 9.92 Å². The zero-order valence-electron chi connectivity index (χ0n) is 10.5. The first-order chi connectivity index (χ1) is 8.93. The van der Waals surface area contributed by atoms with Crippen molar-refractivity contribution in [1.29, 1.82) is 0 Å². The minimum absolute atomic E-state index is 0.649. The first-order valence-corrected chi connectivity index (χ1v) is 8.90. The first-order valence-electron chi connectivity index (χ1n) is 6.69. The summed E-state index contributed by atoms with van der Waals surface area (Å²) in [6.45, 7) is 0.680. The quantitative estimate of drug-likeness (QED) is 0.762. The van der Waals surface area contributed by atoms with Gasteiger partial charge in [0.25, 0.3) is 0 Å². The Morgan fingerprint density at radius 1 is 0.889 bits per heavy atom. The first kappa shape index (κ1) is 11.5. The van der Waals surface area contributed by atoms with Gasteiger partial charge in [0, 0.05) is 0 Å². The topological polar surface area (TPSA) is 9.23 Å². The Hall–Kier alpha value is -1.54. The number of ether oxygens (including phenoxy) is 1. The van der Waals surface area contributed by atoms with Gasteiger partial charge in [-0.2, -0.15) is 0 Å². The summed E-state index contributed by atoms with van der Waals surface area (Å²) in [6, 6.07) is 21.9. The maximum Gasteiger partial charge on any atom is 0.118 e. The summed E-state index contributed by atoms with van der Waals surface area (Å²) in [6.07, 6.45) is 1.42. The molecule has 0 radical (unpaired) electrons. The van der Waals surface area contributed by atoms with E-state index in [1.165, 1.54) is 29.3 Å². The van der Waals surface area contributed by atoms with E-state index < -0.39 is 8.80 Å². The Morgan fingerprint density at radius 3 is 2.33 bits per heavy atom. The minimum atomic E-state index is -0.649.